The second-order valence-electron chi connectivity index (χ2n) is 6.31. The molecule has 0 aliphatic carbocycles. The molecule has 2 heterocycles. The van der Waals surface area contributed by atoms with Crippen LogP contribution in [0.4, 0.5) is 5.69 Å². The lowest BCUT2D eigenvalue weighted by Gasteiger charge is -2.23. The van der Waals surface area contributed by atoms with E-state index in [1.165, 1.54) is 4.70 Å². The van der Waals surface area contributed by atoms with Crippen molar-refractivity contribution in [3.05, 3.63) is 59.6 Å². The first kappa shape index (κ1) is 16.1. The molecule has 0 radical (unpaired) electrons. The molecule has 0 saturated carbocycles. The van der Waals surface area contributed by atoms with Crippen molar-refractivity contribution in [1.29, 1.82) is 0 Å². The Kier molecular flexibility index (Phi) is 4.65. The van der Waals surface area contributed by atoms with Gasteiger partial charge in [0.05, 0.1) is 16.3 Å². The smallest absolute Gasteiger partial charge is 0.224 e. The Hall–Kier alpha value is -2.40. The maximum absolute atomic E-state index is 12.7. The fraction of sp³-hybridized carbons (Fsp3) is 0.300. The molecule has 1 fully saturated rings. The van der Waals surface area contributed by atoms with Gasteiger partial charge in [-0.25, -0.2) is 4.98 Å². The van der Waals surface area contributed by atoms with Crippen molar-refractivity contribution in [2.75, 3.05) is 18.4 Å². The van der Waals surface area contributed by atoms with Crippen LogP contribution in [0.5, 0.6) is 0 Å². The van der Waals surface area contributed by atoms with Gasteiger partial charge in [-0.2, -0.15) is 0 Å². The molecule has 25 heavy (non-hydrogen) atoms. The van der Waals surface area contributed by atoms with Crippen molar-refractivity contribution in [1.82, 2.24) is 9.88 Å². The van der Waals surface area contributed by atoms with Gasteiger partial charge in [0.2, 0.25) is 5.91 Å². The molecule has 3 aromatic rings. The van der Waals surface area contributed by atoms with Crippen molar-refractivity contribution in [2.45, 2.75) is 25.3 Å². The number of fused-ring (bicyclic) bond motifs is 1. The number of likely N-dealkylation sites (tertiary alicyclic amines) is 1. The number of benzene rings is 2. The molecule has 4 rings (SSSR count). The maximum Gasteiger partial charge on any atom is 0.224 e. The van der Waals surface area contributed by atoms with Crippen LogP contribution in [0, 0.1) is 0 Å². The van der Waals surface area contributed by atoms with Crippen molar-refractivity contribution in [2.24, 2.45) is 0 Å². The van der Waals surface area contributed by atoms with Gasteiger partial charge in [0, 0.05) is 25.2 Å². The maximum atomic E-state index is 12.7. The highest BCUT2D eigenvalue weighted by molar-refractivity contribution is 7.18. The van der Waals surface area contributed by atoms with Crippen molar-refractivity contribution >= 4 is 33.1 Å². The van der Waals surface area contributed by atoms with E-state index in [2.05, 4.69) is 11.4 Å². The summed E-state index contributed by atoms with van der Waals surface area (Å²) >= 11 is 1.72. The fourth-order valence-electron chi connectivity index (χ4n) is 3.37. The number of aromatic nitrogens is 1. The minimum atomic E-state index is 0.140. The molecule has 0 bridgehead atoms. The number of thiazole rings is 1. The summed E-state index contributed by atoms with van der Waals surface area (Å²) in [5.74, 6) is 0.213. The van der Waals surface area contributed by atoms with Crippen LogP contribution < -0.4 is 5.32 Å². The van der Waals surface area contributed by atoms with E-state index in [1.54, 1.807) is 11.3 Å². The Morgan fingerprint density at radius 1 is 1.16 bits per heavy atom. The molecule has 1 amide bonds. The number of rotatable bonds is 5. The standard InChI is InChI=1S/C20H21N3OS/c24-19(12-13-21-15-7-2-1-3-8-15)23-14-6-10-17(23)20-22-16-9-4-5-11-18(16)25-20/h1-5,7-9,11,17,21H,6,10,12-14H2. The molecule has 1 saturated heterocycles. The van der Waals surface area contributed by atoms with E-state index in [1.807, 2.05) is 53.4 Å². The van der Waals surface area contributed by atoms with Crippen LogP contribution in [0.2, 0.25) is 0 Å². The predicted octanol–water partition coefficient (Wildman–Crippen LogP) is 4.46. The van der Waals surface area contributed by atoms with Crippen molar-refractivity contribution in [3.63, 3.8) is 0 Å². The van der Waals surface area contributed by atoms with E-state index in [9.17, 15) is 4.79 Å². The monoisotopic (exact) mass is 351 g/mol. The van der Waals surface area contributed by atoms with E-state index in [-0.39, 0.29) is 11.9 Å². The summed E-state index contributed by atoms with van der Waals surface area (Å²) in [4.78, 5) is 19.5. The average Bonchev–Trinajstić information content (AvgIpc) is 3.29. The van der Waals surface area contributed by atoms with E-state index in [0.29, 0.717) is 13.0 Å². The molecule has 128 valence electrons. The third kappa shape index (κ3) is 3.51. The first-order valence-corrected chi connectivity index (χ1v) is 9.57. The highest BCUT2D eigenvalue weighted by Crippen LogP contribution is 2.36. The quantitative estimate of drug-likeness (QED) is 0.738. The summed E-state index contributed by atoms with van der Waals surface area (Å²) in [6.45, 7) is 1.50. The van der Waals surface area contributed by atoms with Crippen molar-refractivity contribution in [3.8, 4) is 0 Å². The first-order chi connectivity index (χ1) is 12.3. The molecule has 1 unspecified atom stereocenters. The lowest BCUT2D eigenvalue weighted by atomic mass is 10.2. The number of carbonyl (C=O) groups is 1. The second kappa shape index (κ2) is 7.23. The van der Waals surface area contributed by atoms with E-state index < -0.39 is 0 Å². The zero-order valence-corrected chi connectivity index (χ0v) is 14.8. The van der Waals surface area contributed by atoms with E-state index in [4.69, 9.17) is 4.98 Å². The lowest BCUT2D eigenvalue weighted by molar-refractivity contribution is -0.131. The van der Waals surface area contributed by atoms with Crippen LogP contribution in [0.25, 0.3) is 10.2 Å². The summed E-state index contributed by atoms with van der Waals surface area (Å²) in [7, 11) is 0. The Balaban J connectivity index is 1.41. The summed E-state index contributed by atoms with van der Waals surface area (Å²) in [5.41, 5.74) is 2.09. The van der Waals surface area contributed by atoms with Gasteiger partial charge in [0.25, 0.3) is 0 Å². The highest BCUT2D eigenvalue weighted by atomic mass is 32.1. The summed E-state index contributed by atoms with van der Waals surface area (Å²) < 4.78 is 1.20. The summed E-state index contributed by atoms with van der Waals surface area (Å²) in [6, 6.07) is 18.3. The SMILES string of the molecule is O=C(CCNc1ccccc1)N1CCCC1c1nc2ccccc2s1. The molecule has 5 heteroatoms. The van der Waals surface area contributed by atoms with Gasteiger partial charge >= 0.3 is 0 Å². The van der Waals surface area contributed by atoms with Gasteiger partial charge in [-0.1, -0.05) is 30.3 Å². The number of hydrogen-bond donors (Lipinski definition) is 1. The molecule has 4 nitrogen and oxygen atoms in total. The minimum absolute atomic E-state index is 0.140. The molecule has 0 spiro atoms. The van der Waals surface area contributed by atoms with Crippen LogP contribution in [0.1, 0.15) is 30.3 Å². The van der Waals surface area contributed by atoms with Crippen molar-refractivity contribution < 1.29 is 4.79 Å². The molecule has 1 aliphatic rings. The van der Waals surface area contributed by atoms with Gasteiger partial charge in [-0.05, 0) is 37.1 Å². The van der Waals surface area contributed by atoms with Gasteiger partial charge in [0.15, 0.2) is 0 Å². The van der Waals surface area contributed by atoms with E-state index >= 15 is 0 Å². The normalized spacial score (nSPS) is 17.1. The third-order valence-corrected chi connectivity index (χ3v) is 5.75. The zero-order valence-electron chi connectivity index (χ0n) is 14.0. The number of amides is 1. The number of para-hydroxylation sites is 2. The van der Waals surface area contributed by atoms with E-state index in [0.717, 1.165) is 35.6 Å². The highest BCUT2D eigenvalue weighted by Gasteiger charge is 2.31. The molecule has 1 atom stereocenters. The minimum Gasteiger partial charge on any atom is -0.385 e. The van der Waals surface area contributed by atoms with Crippen LogP contribution in [0.15, 0.2) is 54.6 Å². The number of nitrogens with one attached hydrogen (secondary N) is 1. The molecular formula is C20H21N3OS. The Morgan fingerprint density at radius 2 is 1.96 bits per heavy atom. The largest absolute Gasteiger partial charge is 0.385 e. The summed E-state index contributed by atoms with van der Waals surface area (Å²) in [5, 5.41) is 4.39. The number of anilines is 1. The number of hydrogen-bond acceptors (Lipinski definition) is 4. The number of carbonyl (C=O) groups excluding carboxylic acids is 1. The zero-order chi connectivity index (χ0) is 17.1. The molecule has 1 N–H and O–H groups in total. The first-order valence-electron chi connectivity index (χ1n) is 8.75. The molecule has 2 aromatic carbocycles. The average molecular weight is 351 g/mol. The number of nitrogens with zero attached hydrogens (tertiary/aromatic N) is 2. The summed E-state index contributed by atoms with van der Waals surface area (Å²) in [6.07, 6.45) is 2.58. The molecular weight excluding hydrogens is 330 g/mol. The van der Waals surface area contributed by atoms with Crippen LogP contribution in [-0.2, 0) is 4.79 Å². The lowest BCUT2D eigenvalue weighted by Crippen LogP contribution is -2.31. The van der Waals surface area contributed by atoms with Crippen LogP contribution in [-0.4, -0.2) is 28.9 Å². The second-order valence-corrected chi connectivity index (χ2v) is 7.37. The topological polar surface area (TPSA) is 45.2 Å². The molecule has 1 aliphatic heterocycles. The van der Waals surface area contributed by atoms with Gasteiger partial charge in [-0.15, -0.1) is 11.3 Å². The third-order valence-electron chi connectivity index (χ3n) is 4.61. The predicted molar refractivity (Wildman–Crippen MR) is 103 cm³/mol. The van der Waals surface area contributed by atoms with Gasteiger partial charge < -0.3 is 10.2 Å². The van der Waals surface area contributed by atoms with Crippen LogP contribution in [0.3, 0.4) is 0 Å². The Bertz CT molecular complexity index is 829. The Labute approximate surface area is 151 Å². The van der Waals surface area contributed by atoms with Gasteiger partial charge in [0.1, 0.15) is 5.01 Å². The van der Waals surface area contributed by atoms with Crippen LogP contribution >= 0.6 is 11.3 Å². The molecule has 1 aromatic heterocycles. The Morgan fingerprint density at radius 3 is 2.80 bits per heavy atom. The fourth-order valence-corrected chi connectivity index (χ4v) is 4.48. The van der Waals surface area contributed by atoms with Gasteiger partial charge in [-0.3, -0.25) is 4.79 Å².